The Kier molecular flexibility index (Phi) is 4.10. The maximum absolute atomic E-state index is 12.3. The molecule has 1 aromatic heterocycles. The Morgan fingerprint density at radius 2 is 2.10 bits per heavy atom. The van der Waals surface area contributed by atoms with Gasteiger partial charge in [-0.15, -0.1) is 0 Å². The molecule has 0 atom stereocenters. The summed E-state index contributed by atoms with van der Waals surface area (Å²) in [6.45, 7) is 3.32. The van der Waals surface area contributed by atoms with Crippen molar-refractivity contribution in [1.82, 2.24) is 14.7 Å². The summed E-state index contributed by atoms with van der Waals surface area (Å²) in [5.41, 5.74) is 1.07. The van der Waals surface area contributed by atoms with E-state index in [2.05, 4.69) is 14.7 Å². The summed E-state index contributed by atoms with van der Waals surface area (Å²) in [5.74, 6) is -0.692. The Bertz CT molecular complexity index is 767. The molecule has 3 N–H and O–H groups in total. The maximum Gasteiger partial charge on any atom is 0.335 e. The molecule has 0 aliphatic carbocycles. The summed E-state index contributed by atoms with van der Waals surface area (Å²) in [4.78, 5) is 17.7. The quantitative estimate of drug-likeness (QED) is 0.768. The van der Waals surface area contributed by atoms with Crippen molar-refractivity contribution in [3.05, 3.63) is 47.0 Å². The summed E-state index contributed by atoms with van der Waals surface area (Å²) in [6.07, 6.45) is 3.11. The van der Waals surface area contributed by atoms with E-state index >= 15 is 0 Å². The van der Waals surface area contributed by atoms with Gasteiger partial charge in [-0.1, -0.05) is 0 Å². The molecule has 0 radical (unpaired) electrons. The molecular weight excluding hydrogens is 294 g/mol. The molecule has 2 rings (SSSR count). The first-order valence-electron chi connectivity index (χ1n) is 6.13. The molecule has 0 fully saturated rings. The van der Waals surface area contributed by atoms with Crippen molar-refractivity contribution < 1.29 is 18.3 Å². The molecule has 21 heavy (non-hydrogen) atoms. The van der Waals surface area contributed by atoms with Crippen LogP contribution in [0.1, 0.15) is 27.3 Å². The number of H-pyrrole nitrogens is 1. The average Bonchev–Trinajstić information content (AvgIpc) is 2.92. The molecular formula is C13H15N3O4S. The third-order valence-corrected chi connectivity index (χ3v) is 4.67. The van der Waals surface area contributed by atoms with Gasteiger partial charge in [-0.3, -0.25) is 0 Å². The van der Waals surface area contributed by atoms with E-state index in [1.54, 1.807) is 20.0 Å². The number of hydrogen-bond acceptors (Lipinski definition) is 4. The van der Waals surface area contributed by atoms with E-state index in [0.29, 0.717) is 17.0 Å². The summed E-state index contributed by atoms with van der Waals surface area (Å²) < 4.78 is 27.1. The zero-order chi connectivity index (χ0) is 15.6. The van der Waals surface area contributed by atoms with Crippen molar-refractivity contribution in [2.24, 2.45) is 0 Å². The van der Waals surface area contributed by atoms with Crippen molar-refractivity contribution in [2.75, 3.05) is 0 Å². The fourth-order valence-corrected chi connectivity index (χ4v) is 3.19. The number of carbonyl (C=O) groups is 1. The number of carboxylic acid groups (broad SMARTS) is 1. The van der Waals surface area contributed by atoms with E-state index in [1.165, 1.54) is 12.3 Å². The summed E-state index contributed by atoms with van der Waals surface area (Å²) >= 11 is 0. The maximum atomic E-state index is 12.3. The highest BCUT2D eigenvalue weighted by atomic mass is 32.2. The fourth-order valence-electron chi connectivity index (χ4n) is 1.87. The third kappa shape index (κ3) is 3.29. The van der Waals surface area contributed by atoms with Crippen LogP contribution in [0.25, 0.3) is 0 Å². The molecule has 0 bridgehead atoms. The summed E-state index contributed by atoms with van der Waals surface area (Å²) in [5, 5.41) is 9.04. The van der Waals surface area contributed by atoms with Gasteiger partial charge in [0.25, 0.3) is 0 Å². The zero-order valence-corrected chi connectivity index (χ0v) is 12.4. The second-order valence-corrected chi connectivity index (χ2v) is 6.32. The lowest BCUT2D eigenvalue weighted by Gasteiger charge is -2.12. The minimum Gasteiger partial charge on any atom is -0.478 e. The van der Waals surface area contributed by atoms with Crippen LogP contribution in [-0.4, -0.2) is 29.5 Å². The normalized spacial score (nSPS) is 11.5. The van der Waals surface area contributed by atoms with E-state index in [4.69, 9.17) is 5.11 Å². The number of imidazole rings is 1. The second-order valence-electron chi connectivity index (χ2n) is 4.58. The molecule has 2 aromatic rings. The van der Waals surface area contributed by atoms with Gasteiger partial charge in [0.1, 0.15) is 5.82 Å². The molecule has 1 heterocycles. The van der Waals surface area contributed by atoms with E-state index in [0.717, 1.165) is 6.07 Å². The first kappa shape index (κ1) is 15.2. The predicted octanol–water partition coefficient (Wildman–Crippen LogP) is 1.20. The summed E-state index contributed by atoms with van der Waals surface area (Å²) in [7, 11) is -3.82. The number of sulfonamides is 1. The molecule has 1 aromatic carbocycles. The molecule has 0 aliphatic heterocycles. The van der Waals surface area contributed by atoms with Crippen LogP contribution in [0.15, 0.2) is 29.4 Å². The van der Waals surface area contributed by atoms with Crippen LogP contribution in [0.3, 0.4) is 0 Å². The van der Waals surface area contributed by atoms with Gasteiger partial charge in [0.05, 0.1) is 17.0 Å². The van der Waals surface area contributed by atoms with Gasteiger partial charge in [-0.25, -0.2) is 22.9 Å². The second kappa shape index (κ2) is 5.66. The minimum absolute atomic E-state index is 0.00508. The Hall–Kier alpha value is -2.19. The monoisotopic (exact) mass is 309 g/mol. The van der Waals surface area contributed by atoms with Crippen LogP contribution >= 0.6 is 0 Å². The van der Waals surface area contributed by atoms with Gasteiger partial charge >= 0.3 is 5.97 Å². The topological polar surface area (TPSA) is 112 Å². The van der Waals surface area contributed by atoms with Crippen molar-refractivity contribution >= 4 is 16.0 Å². The van der Waals surface area contributed by atoms with Crippen molar-refractivity contribution in [3.63, 3.8) is 0 Å². The number of benzene rings is 1. The lowest BCUT2D eigenvalue weighted by atomic mass is 10.1. The number of aryl methyl sites for hydroxylation is 1. The molecule has 0 amide bonds. The molecule has 0 aliphatic rings. The van der Waals surface area contributed by atoms with Gasteiger partial charge in [0, 0.05) is 12.4 Å². The molecule has 0 spiro atoms. The highest BCUT2D eigenvalue weighted by Crippen LogP contribution is 2.21. The average molecular weight is 309 g/mol. The number of aromatic carboxylic acids is 1. The van der Waals surface area contributed by atoms with Gasteiger partial charge < -0.3 is 10.1 Å². The molecule has 0 saturated heterocycles. The van der Waals surface area contributed by atoms with Crippen LogP contribution in [0.2, 0.25) is 0 Å². The van der Waals surface area contributed by atoms with Crippen LogP contribution in [-0.2, 0) is 16.6 Å². The standard InChI is InChI=1S/C13H15N3O4S/c1-8-5-10(13(17)18)6-11(9(8)2)21(19,20)16-7-12-14-3-4-15-12/h3-6,16H,7H2,1-2H3,(H,14,15)(H,17,18). The molecule has 112 valence electrons. The number of carboxylic acids is 1. The van der Waals surface area contributed by atoms with Crippen LogP contribution in [0.5, 0.6) is 0 Å². The molecule has 0 saturated carbocycles. The lowest BCUT2D eigenvalue weighted by molar-refractivity contribution is 0.0696. The smallest absolute Gasteiger partial charge is 0.335 e. The first-order valence-corrected chi connectivity index (χ1v) is 7.62. The van der Waals surface area contributed by atoms with Crippen LogP contribution in [0, 0.1) is 13.8 Å². The highest BCUT2D eigenvalue weighted by Gasteiger charge is 2.20. The van der Waals surface area contributed by atoms with Crippen molar-refractivity contribution in [3.8, 4) is 0 Å². The van der Waals surface area contributed by atoms with Gasteiger partial charge in [-0.05, 0) is 37.1 Å². The number of rotatable bonds is 5. The Morgan fingerprint density at radius 1 is 1.38 bits per heavy atom. The molecule has 0 unspecified atom stereocenters. The number of aromatic nitrogens is 2. The third-order valence-electron chi connectivity index (χ3n) is 3.14. The van der Waals surface area contributed by atoms with E-state index < -0.39 is 16.0 Å². The minimum atomic E-state index is -3.82. The van der Waals surface area contributed by atoms with E-state index in [-0.39, 0.29) is 17.0 Å². The molecule has 7 nitrogen and oxygen atoms in total. The first-order chi connectivity index (χ1) is 9.81. The molecule has 8 heteroatoms. The fraction of sp³-hybridized carbons (Fsp3) is 0.231. The highest BCUT2D eigenvalue weighted by molar-refractivity contribution is 7.89. The number of aromatic amines is 1. The SMILES string of the molecule is Cc1cc(C(=O)O)cc(S(=O)(=O)NCc2ncc[nH]2)c1C. The predicted molar refractivity (Wildman–Crippen MR) is 75.5 cm³/mol. The Morgan fingerprint density at radius 3 is 2.67 bits per heavy atom. The summed E-state index contributed by atoms with van der Waals surface area (Å²) in [6, 6.07) is 2.61. The van der Waals surface area contributed by atoms with Crippen LogP contribution in [0.4, 0.5) is 0 Å². The van der Waals surface area contributed by atoms with E-state index in [9.17, 15) is 13.2 Å². The lowest BCUT2D eigenvalue weighted by Crippen LogP contribution is -2.25. The van der Waals surface area contributed by atoms with Crippen molar-refractivity contribution in [1.29, 1.82) is 0 Å². The Balaban J connectivity index is 2.37. The Labute approximate surface area is 122 Å². The van der Waals surface area contributed by atoms with E-state index in [1.807, 2.05) is 0 Å². The van der Waals surface area contributed by atoms with Gasteiger partial charge in [-0.2, -0.15) is 0 Å². The van der Waals surface area contributed by atoms with Crippen molar-refractivity contribution in [2.45, 2.75) is 25.3 Å². The zero-order valence-electron chi connectivity index (χ0n) is 11.5. The van der Waals surface area contributed by atoms with Crippen LogP contribution < -0.4 is 4.72 Å². The largest absolute Gasteiger partial charge is 0.478 e. The number of nitrogens with zero attached hydrogens (tertiary/aromatic N) is 1. The van der Waals surface area contributed by atoms with Gasteiger partial charge in [0.15, 0.2) is 0 Å². The number of hydrogen-bond donors (Lipinski definition) is 3. The number of nitrogens with one attached hydrogen (secondary N) is 2. The van der Waals surface area contributed by atoms with Gasteiger partial charge in [0.2, 0.25) is 10.0 Å².